The van der Waals surface area contributed by atoms with Gasteiger partial charge in [0.25, 0.3) is 5.56 Å². The molecule has 0 radical (unpaired) electrons. The van der Waals surface area contributed by atoms with Crippen LogP contribution in [-0.4, -0.2) is 37.6 Å². The van der Waals surface area contributed by atoms with Crippen molar-refractivity contribution in [1.82, 2.24) is 24.4 Å². The van der Waals surface area contributed by atoms with Crippen LogP contribution in [0.3, 0.4) is 0 Å². The molecule has 0 saturated heterocycles. The number of nitrogens with zero attached hydrogens (tertiary/aromatic N) is 5. The van der Waals surface area contributed by atoms with E-state index in [0.717, 1.165) is 46.0 Å². The van der Waals surface area contributed by atoms with Gasteiger partial charge >= 0.3 is 0 Å². The number of hydrogen-bond acceptors (Lipinski definition) is 7. The smallest absolute Gasteiger partial charge is 0.291 e. The fourth-order valence-electron chi connectivity index (χ4n) is 4.42. The first-order chi connectivity index (χ1) is 21.1. The molecule has 0 saturated carbocycles. The molecule has 3 aromatic carbocycles. The molecule has 3 heterocycles. The number of ether oxygens (including phenoxy) is 2. The predicted molar refractivity (Wildman–Crippen MR) is 172 cm³/mol. The van der Waals surface area contributed by atoms with E-state index in [1.807, 2.05) is 102 Å². The highest BCUT2D eigenvalue weighted by molar-refractivity contribution is 7.15. The molecule has 43 heavy (non-hydrogen) atoms. The summed E-state index contributed by atoms with van der Waals surface area (Å²) in [6.45, 7) is 6.89. The van der Waals surface area contributed by atoms with Crippen LogP contribution in [0.25, 0.3) is 40.1 Å². The van der Waals surface area contributed by atoms with Crippen molar-refractivity contribution in [1.29, 1.82) is 0 Å². The monoisotopic (exact) mass is 587 g/mol. The fourth-order valence-corrected chi connectivity index (χ4v) is 5.33. The van der Waals surface area contributed by atoms with Crippen LogP contribution >= 0.6 is 11.3 Å². The lowest BCUT2D eigenvalue weighted by Crippen LogP contribution is -2.23. The summed E-state index contributed by atoms with van der Waals surface area (Å²) in [5.74, 6) is 2.05. The number of fused-ring (bicyclic) bond motifs is 1. The van der Waals surface area contributed by atoms with E-state index in [-0.39, 0.29) is 5.56 Å². The minimum absolute atomic E-state index is 0.226. The molecular weight excluding hydrogens is 558 g/mol. The van der Waals surface area contributed by atoms with E-state index in [1.54, 1.807) is 12.2 Å². The molecular formula is C34H29N5O3S. The van der Waals surface area contributed by atoms with Crippen molar-refractivity contribution in [3.63, 3.8) is 0 Å². The largest absolute Gasteiger partial charge is 0.494 e. The Bertz CT molecular complexity index is 1990. The standard InChI is InChI=1S/C34H29N5O3S/c1-3-20-41-28-15-10-24(11-16-28)12-19-31-35-34-39(36-31)33(40)30(43-34)22-26-23-38(27-8-6-5-7-9-27)37-32(26)25-13-17-29(18-14-25)42-21-4-2/h4-19,22-23H,2-3,20-21H2,1H3/b19-12+,30-22-. The zero-order valence-electron chi connectivity index (χ0n) is 23.6. The Kier molecular flexibility index (Phi) is 8.24. The third kappa shape index (κ3) is 6.32. The van der Waals surface area contributed by atoms with E-state index < -0.39 is 0 Å². The summed E-state index contributed by atoms with van der Waals surface area (Å²) in [7, 11) is 0. The van der Waals surface area contributed by atoms with E-state index in [1.165, 1.54) is 15.9 Å². The molecule has 0 unspecified atom stereocenters. The van der Waals surface area contributed by atoms with Gasteiger partial charge in [0, 0.05) is 17.3 Å². The first-order valence-corrected chi connectivity index (χ1v) is 14.7. The molecule has 6 aromatic rings. The van der Waals surface area contributed by atoms with Gasteiger partial charge in [-0.25, -0.2) is 4.68 Å². The molecule has 0 bridgehead atoms. The molecule has 6 rings (SSSR count). The molecule has 3 aromatic heterocycles. The summed E-state index contributed by atoms with van der Waals surface area (Å²) in [6, 6.07) is 25.4. The van der Waals surface area contributed by atoms with E-state index in [2.05, 4.69) is 23.6 Å². The van der Waals surface area contributed by atoms with E-state index in [0.29, 0.717) is 28.5 Å². The zero-order valence-corrected chi connectivity index (χ0v) is 24.4. The summed E-state index contributed by atoms with van der Waals surface area (Å²) in [5.41, 5.74) is 4.12. The van der Waals surface area contributed by atoms with Gasteiger partial charge in [0.05, 0.1) is 16.8 Å². The van der Waals surface area contributed by atoms with Gasteiger partial charge in [-0.1, -0.05) is 67.3 Å². The number of hydrogen-bond donors (Lipinski definition) is 0. The van der Waals surface area contributed by atoms with Gasteiger partial charge in [0.1, 0.15) is 23.8 Å². The van der Waals surface area contributed by atoms with Gasteiger partial charge in [0.15, 0.2) is 5.82 Å². The van der Waals surface area contributed by atoms with Gasteiger partial charge in [-0.15, -0.1) is 5.10 Å². The number of rotatable bonds is 11. The predicted octanol–water partition coefficient (Wildman–Crippen LogP) is 6.08. The van der Waals surface area contributed by atoms with Crippen molar-refractivity contribution in [3.8, 4) is 28.4 Å². The highest BCUT2D eigenvalue weighted by Crippen LogP contribution is 2.26. The van der Waals surface area contributed by atoms with Crippen LogP contribution in [0, 0.1) is 0 Å². The van der Waals surface area contributed by atoms with Crippen molar-refractivity contribution < 1.29 is 9.47 Å². The van der Waals surface area contributed by atoms with Gasteiger partial charge in [-0.05, 0) is 72.7 Å². The number of benzene rings is 3. The minimum Gasteiger partial charge on any atom is -0.494 e. The van der Waals surface area contributed by atoms with Gasteiger partial charge in [-0.3, -0.25) is 4.79 Å². The Balaban J connectivity index is 1.31. The van der Waals surface area contributed by atoms with Crippen LogP contribution in [0.5, 0.6) is 11.5 Å². The molecule has 0 aliphatic carbocycles. The van der Waals surface area contributed by atoms with Crippen molar-refractivity contribution in [2.24, 2.45) is 0 Å². The Hall–Kier alpha value is -5.28. The lowest BCUT2D eigenvalue weighted by atomic mass is 10.1. The second kappa shape index (κ2) is 12.7. The number of thiazole rings is 1. The van der Waals surface area contributed by atoms with Crippen LogP contribution in [-0.2, 0) is 0 Å². The molecule has 0 spiro atoms. The maximum Gasteiger partial charge on any atom is 0.291 e. The normalized spacial score (nSPS) is 11.9. The van der Waals surface area contributed by atoms with E-state index >= 15 is 0 Å². The Morgan fingerprint density at radius 1 is 0.907 bits per heavy atom. The Morgan fingerprint density at radius 3 is 2.37 bits per heavy atom. The van der Waals surface area contributed by atoms with Crippen LogP contribution in [0.15, 0.2) is 103 Å². The lowest BCUT2D eigenvalue weighted by molar-refractivity contribution is 0.317. The van der Waals surface area contributed by atoms with Crippen LogP contribution in [0.4, 0.5) is 0 Å². The minimum atomic E-state index is -0.226. The first kappa shape index (κ1) is 27.9. The van der Waals surface area contributed by atoms with Gasteiger partial charge in [0.2, 0.25) is 4.96 Å². The molecule has 0 fully saturated rings. The highest BCUT2D eigenvalue weighted by atomic mass is 32.1. The number of aromatic nitrogens is 5. The second-order valence-corrected chi connectivity index (χ2v) is 10.7. The molecule has 0 atom stereocenters. The Labute approximate surface area is 252 Å². The maximum absolute atomic E-state index is 13.4. The quantitative estimate of drug-likeness (QED) is 0.171. The molecule has 8 nitrogen and oxygen atoms in total. The molecule has 0 aliphatic heterocycles. The summed E-state index contributed by atoms with van der Waals surface area (Å²) in [5, 5.41) is 9.32. The third-order valence-corrected chi connectivity index (χ3v) is 7.48. The first-order valence-electron chi connectivity index (χ1n) is 13.9. The molecule has 0 N–H and O–H groups in total. The van der Waals surface area contributed by atoms with Crippen molar-refractivity contribution in [2.75, 3.05) is 13.2 Å². The molecule has 9 heteroatoms. The van der Waals surface area contributed by atoms with Crippen molar-refractivity contribution in [3.05, 3.63) is 130 Å². The van der Waals surface area contributed by atoms with Crippen LogP contribution in [0.1, 0.15) is 30.3 Å². The fraction of sp³-hybridized carbons (Fsp3) is 0.118. The topological polar surface area (TPSA) is 83.5 Å². The van der Waals surface area contributed by atoms with Gasteiger partial charge < -0.3 is 9.47 Å². The average Bonchev–Trinajstić information content (AvgIpc) is 3.73. The summed E-state index contributed by atoms with van der Waals surface area (Å²) in [6.07, 6.45) is 10.2. The summed E-state index contributed by atoms with van der Waals surface area (Å²) in [4.78, 5) is 18.5. The van der Waals surface area contributed by atoms with Crippen LogP contribution < -0.4 is 19.6 Å². The third-order valence-electron chi connectivity index (χ3n) is 6.52. The Morgan fingerprint density at radius 2 is 1.65 bits per heavy atom. The highest BCUT2D eigenvalue weighted by Gasteiger charge is 2.14. The van der Waals surface area contributed by atoms with Gasteiger partial charge in [-0.2, -0.15) is 14.6 Å². The molecule has 0 aliphatic rings. The van der Waals surface area contributed by atoms with Crippen molar-refractivity contribution >= 4 is 34.5 Å². The van der Waals surface area contributed by atoms with Crippen LogP contribution in [0.2, 0.25) is 0 Å². The van der Waals surface area contributed by atoms with Crippen molar-refractivity contribution in [2.45, 2.75) is 13.3 Å². The lowest BCUT2D eigenvalue weighted by Gasteiger charge is -2.04. The van der Waals surface area contributed by atoms with E-state index in [4.69, 9.17) is 14.6 Å². The molecule has 214 valence electrons. The maximum atomic E-state index is 13.4. The average molecular weight is 588 g/mol. The summed E-state index contributed by atoms with van der Waals surface area (Å²) < 4.78 is 15.0. The number of para-hydroxylation sites is 1. The summed E-state index contributed by atoms with van der Waals surface area (Å²) >= 11 is 1.30. The zero-order chi connectivity index (χ0) is 29.6. The molecule has 0 amide bonds. The SMILES string of the molecule is C=CCOc1ccc(-c2nn(-c3ccccc3)cc2/C=c2\sc3nc(/C=C/c4ccc(OCCC)cc4)nn3c2=O)cc1. The van der Waals surface area contributed by atoms with E-state index in [9.17, 15) is 4.79 Å². The second-order valence-electron chi connectivity index (χ2n) is 9.67.